The number of aryl methyl sites for hydroxylation is 2. The molecule has 0 N–H and O–H groups in total. The topological polar surface area (TPSA) is 43.4 Å². The lowest BCUT2D eigenvalue weighted by Crippen LogP contribution is -2.33. The number of halogens is 8. The van der Waals surface area contributed by atoms with E-state index in [0.29, 0.717) is 23.3 Å². The van der Waals surface area contributed by atoms with Crippen LogP contribution in [0.3, 0.4) is 0 Å². The van der Waals surface area contributed by atoms with Crippen LogP contribution < -0.4 is 0 Å². The number of hydrogen-bond acceptors (Lipinski definition) is 3. The molecule has 196 valence electrons. The molecule has 0 aromatic heterocycles. The Labute approximate surface area is 203 Å². The molecule has 0 atom stereocenters. The highest BCUT2D eigenvalue weighted by molar-refractivity contribution is 8.33. The summed E-state index contributed by atoms with van der Waals surface area (Å²) in [5.41, 5.74) is -6.26. The fourth-order valence-corrected chi connectivity index (χ4v) is 7.94. The molecular weight excluding hydrogens is 540 g/mol. The van der Waals surface area contributed by atoms with Crippen LogP contribution in [0.4, 0.5) is 35.1 Å². The summed E-state index contributed by atoms with van der Waals surface area (Å²) in [6, 6.07) is 13.1. The van der Waals surface area contributed by atoms with E-state index < -0.39 is 48.5 Å². The second-order valence-corrected chi connectivity index (χ2v) is 12.2. The first-order chi connectivity index (χ1) is 16.4. The molecule has 3 nitrogen and oxygen atoms in total. The van der Waals surface area contributed by atoms with E-state index in [1.807, 2.05) is 0 Å². The van der Waals surface area contributed by atoms with Gasteiger partial charge in [0, 0.05) is 20.2 Å². The third-order valence-corrected chi connectivity index (χ3v) is 9.96. The van der Waals surface area contributed by atoms with Gasteiger partial charge in [0.25, 0.3) is 0 Å². The first-order valence-corrected chi connectivity index (χ1v) is 12.9. The van der Waals surface area contributed by atoms with Gasteiger partial charge in [0.2, 0.25) is 0 Å². The molecule has 0 aliphatic carbocycles. The molecule has 0 unspecified atom stereocenters. The predicted molar refractivity (Wildman–Crippen MR) is 117 cm³/mol. The van der Waals surface area contributed by atoms with Crippen molar-refractivity contribution in [3.8, 4) is 0 Å². The fraction of sp³-hybridized carbons (Fsp3) is 0.217. The predicted octanol–water partition coefficient (Wildman–Crippen LogP) is 8.02. The van der Waals surface area contributed by atoms with Crippen LogP contribution in [0.2, 0.25) is 0 Å². The van der Waals surface area contributed by atoms with E-state index in [1.165, 1.54) is 48.5 Å². The Balaban J connectivity index is 2.46. The van der Waals surface area contributed by atoms with Gasteiger partial charge in [-0.25, -0.2) is 0 Å². The maximum Gasteiger partial charge on any atom is 0.524 e. The molecule has 0 spiro atoms. The normalized spacial score (nSPS) is 14.1. The van der Waals surface area contributed by atoms with Gasteiger partial charge in [-0.05, 0) is 60.6 Å². The van der Waals surface area contributed by atoms with E-state index in [-0.39, 0.29) is 9.79 Å². The van der Waals surface area contributed by atoms with Gasteiger partial charge in [-0.2, -0.15) is 47.2 Å². The standard InChI is InChI=1S/C23H18F8O3S2/c1-15-6-10-18(11-7-15)35(19-12-8-16(2)9-13-19,34-36(32,33)23(29,30)31)20-5-3-4-17(14-20)21(24,25)22(26,27)28/h3-14H,1-2H3. The van der Waals surface area contributed by atoms with Crippen molar-refractivity contribution in [3.63, 3.8) is 0 Å². The molecule has 0 aliphatic rings. The minimum Gasteiger partial charge on any atom is -0.200 e. The van der Waals surface area contributed by atoms with E-state index in [4.69, 9.17) is 3.63 Å². The average molecular weight is 559 g/mol. The number of rotatable bonds is 6. The summed E-state index contributed by atoms with van der Waals surface area (Å²) >= 11 is 0. The molecule has 3 rings (SSSR count). The summed E-state index contributed by atoms with van der Waals surface area (Å²) in [5, 5.41) is 0. The zero-order valence-electron chi connectivity index (χ0n) is 18.5. The maximum atomic E-state index is 14.2. The van der Waals surface area contributed by atoms with Crippen molar-refractivity contribution in [2.45, 2.75) is 46.1 Å². The van der Waals surface area contributed by atoms with Gasteiger partial charge in [0.05, 0.1) is 0 Å². The van der Waals surface area contributed by atoms with E-state index >= 15 is 0 Å². The lowest BCUT2D eigenvalue weighted by molar-refractivity contribution is -0.289. The molecule has 0 saturated heterocycles. The van der Waals surface area contributed by atoms with Crippen LogP contribution >= 0.6 is 10.3 Å². The van der Waals surface area contributed by atoms with Crippen molar-refractivity contribution in [2.75, 3.05) is 0 Å². The van der Waals surface area contributed by atoms with E-state index in [0.717, 1.165) is 12.1 Å². The largest absolute Gasteiger partial charge is 0.524 e. The van der Waals surface area contributed by atoms with Crippen LogP contribution in [-0.4, -0.2) is 20.1 Å². The van der Waals surface area contributed by atoms with Gasteiger partial charge in [0.15, 0.2) is 0 Å². The molecular formula is C23H18F8O3S2. The minimum absolute atomic E-state index is 0.169. The van der Waals surface area contributed by atoms with Gasteiger partial charge in [-0.15, -0.1) is 0 Å². The maximum absolute atomic E-state index is 14.2. The molecule has 0 heterocycles. The Kier molecular flexibility index (Phi) is 7.25. The number of benzene rings is 3. The van der Waals surface area contributed by atoms with Crippen molar-refractivity contribution in [3.05, 3.63) is 89.5 Å². The van der Waals surface area contributed by atoms with E-state index in [2.05, 4.69) is 0 Å². The van der Waals surface area contributed by atoms with Gasteiger partial charge in [0.1, 0.15) is 0 Å². The highest BCUT2D eigenvalue weighted by atomic mass is 32.3. The molecule has 0 bridgehead atoms. The third-order valence-electron chi connectivity index (χ3n) is 5.07. The molecule has 3 aromatic rings. The molecule has 0 saturated carbocycles. The lowest BCUT2D eigenvalue weighted by Gasteiger charge is -2.40. The van der Waals surface area contributed by atoms with Gasteiger partial charge in [-0.3, -0.25) is 0 Å². The monoisotopic (exact) mass is 558 g/mol. The SMILES string of the molecule is Cc1ccc(S(OS(=O)(=O)C(F)(F)F)(c2ccc(C)cc2)c2cccc(C(F)(F)C(F)(F)F)c2)cc1. The minimum atomic E-state index is -6.37. The van der Waals surface area contributed by atoms with Crippen LogP contribution in [0.5, 0.6) is 0 Å². The highest BCUT2D eigenvalue weighted by Gasteiger charge is 2.59. The summed E-state index contributed by atoms with van der Waals surface area (Å²) in [4.78, 5) is -0.945. The number of alkyl halides is 8. The van der Waals surface area contributed by atoms with Gasteiger partial charge in [-0.1, -0.05) is 47.5 Å². The smallest absolute Gasteiger partial charge is 0.200 e. The molecule has 0 fully saturated rings. The summed E-state index contributed by atoms with van der Waals surface area (Å²) < 4.78 is 138. The average Bonchev–Trinajstić information content (AvgIpc) is 2.77. The Bertz CT molecular complexity index is 1290. The zero-order valence-corrected chi connectivity index (χ0v) is 20.1. The summed E-state index contributed by atoms with van der Waals surface area (Å²) in [7, 11) is -10.4. The van der Waals surface area contributed by atoms with Crippen LogP contribution in [0.15, 0.2) is 87.5 Å². The van der Waals surface area contributed by atoms with Crippen LogP contribution in [-0.2, 0) is 19.7 Å². The molecule has 0 radical (unpaired) electrons. The second kappa shape index (κ2) is 9.34. The quantitative estimate of drug-likeness (QED) is 0.227. The zero-order chi connectivity index (χ0) is 27.2. The Morgan fingerprint density at radius 1 is 0.639 bits per heavy atom. The van der Waals surface area contributed by atoms with Crippen LogP contribution in [0, 0.1) is 13.8 Å². The summed E-state index contributed by atoms with van der Waals surface area (Å²) in [5.74, 6) is -5.38. The third kappa shape index (κ3) is 5.09. The number of hydrogen-bond donors (Lipinski definition) is 0. The molecule has 0 amide bonds. The van der Waals surface area contributed by atoms with Gasteiger partial charge >= 0.3 is 27.7 Å². The Hall–Kier alpha value is -2.64. The van der Waals surface area contributed by atoms with Crippen LogP contribution in [0.25, 0.3) is 0 Å². The van der Waals surface area contributed by atoms with Crippen molar-refractivity contribution >= 4 is 20.4 Å². The summed E-state index contributed by atoms with van der Waals surface area (Å²) in [6.07, 6.45) is -6.02. The van der Waals surface area contributed by atoms with Crippen LogP contribution in [0.1, 0.15) is 16.7 Å². The van der Waals surface area contributed by atoms with Crippen molar-refractivity contribution < 1.29 is 47.2 Å². The molecule has 36 heavy (non-hydrogen) atoms. The molecule has 0 aliphatic heterocycles. The van der Waals surface area contributed by atoms with Gasteiger partial charge < -0.3 is 0 Å². The fourth-order valence-electron chi connectivity index (χ4n) is 3.19. The molecule has 3 aromatic carbocycles. The Morgan fingerprint density at radius 3 is 1.47 bits per heavy atom. The van der Waals surface area contributed by atoms with E-state index in [9.17, 15) is 43.5 Å². The van der Waals surface area contributed by atoms with Crippen molar-refractivity contribution in [1.82, 2.24) is 0 Å². The van der Waals surface area contributed by atoms with E-state index in [1.54, 1.807) is 13.8 Å². The Morgan fingerprint density at radius 2 is 1.08 bits per heavy atom. The van der Waals surface area contributed by atoms with Crippen molar-refractivity contribution in [2.24, 2.45) is 0 Å². The van der Waals surface area contributed by atoms with Crippen molar-refractivity contribution in [1.29, 1.82) is 0 Å². The summed E-state index contributed by atoms with van der Waals surface area (Å²) in [6.45, 7) is 3.26. The highest BCUT2D eigenvalue weighted by Crippen LogP contribution is 2.71. The molecule has 13 heteroatoms. The lowest BCUT2D eigenvalue weighted by atomic mass is 10.1. The first kappa shape index (κ1) is 27.9. The first-order valence-electron chi connectivity index (χ1n) is 9.96. The second-order valence-electron chi connectivity index (χ2n) is 7.75.